The van der Waals surface area contributed by atoms with E-state index in [0.717, 1.165) is 29.7 Å². The summed E-state index contributed by atoms with van der Waals surface area (Å²) < 4.78 is 66.7. The van der Waals surface area contributed by atoms with Crippen LogP contribution in [-0.4, -0.2) is 63.7 Å². The SMILES string of the molecule is O=S(=O)([O-])c1ccc2c(N=Nc3c([O-])ccc4ccccc34)cc(S(=O)(=O)O)cc2c1.[Ca+2]. The van der Waals surface area contributed by atoms with Crippen molar-refractivity contribution >= 4 is 90.9 Å². The van der Waals surface area contributed by atoms with Gasteiger partial charge in [0.25, 0.3) is 10.1 Å². The molecule has 0 heterocycles. The average molecular weight is 497 g/mol. The average Bonchev–Trinajstić information content (AvgIpc) is 2.71. The number of benzene rings is 4. The van der Waals surface area contributed by atoms with Crippen LogP contribution >= 0.6 is 0 Å². The summed E-state index contributed by atoms with van der Waals surface area (Å²) in [6.07, 6.45) is 0. The summed E-state index contributed by atoms with van der Waals surface area (Å²) in [6, 6.07) is 15.3. The van der Waals surface area contributed by atoms with Crippen LogP contribution in [0.3, 0.4) is 0 Å². The quantitative estimate of drug-likeness (QED) is 0.258. The Morgan fingerprint density at radius 2 is 1.44 bits per heavy atom. The second kappa shape index (κ2) is 9.02. The van der Waals surface area contributed by atoms with Gasteiger partial charge >= 0.3 is 37.7 Å². The second-order valence-electron chi connectivity index (χ2n) is 6.59. The zero-order valence-corrected chi connectivity index (χ0v) is 20.0. The Labute approximate surface area is 212 Å². The van der Waals surface area contributed by atoms with E-state index < -0.39 is 35.8 Å². The molecule has 0 saturated heterocycles. The van der Waals surface area contributed by atoms with Crippen LogP contribution in [0.4, 0.5) is 11.4 Å². The van der Waals surface area contributed by atoms with Gasteiger partial charge in [0.05, 0.1) is 21.2 Å². The first-order valence-corrected chi connectivity index (χ1v) is 11.5. The van der Waals surface area contributed by atoms with Crippen LogP contribution < -0.4 is 5.11 Å². The van der Waals surface area contributed by atoms with Crippen LogP contribution in [0.5, 0.6) is 5.75 Å². The monoisotopic (exact) mass is 496 g/mol. The molecule has 0 fully saturated rings. The molecule has 0 bridgehead atoms. The van der Waals surface area contributed by atoms with E-state index in [2.05, 4.69) is 10.2 Å². The molecule has 0 aliphatic heterocycles. The van der Waals surface area contributed by atoms with Gasteiger partial charge in [0.15, 0.2) is 0 Å². The van der Waals surface area contributed by atoms with Crippen molar-refractivity contribution in [2.45, 2.75) is 9.79 Å². The van der Waals surface area contributed by atoms with Crippen LogP contribution in [-0.2, 0) is 20.2 Å². The first-order chi connectivity index (χ1) is 14.5. The Kier molecular flexibility index (Phi) is 6.91. The van der Waals surface area contributed by atoms with Gasteiger partial charge in [0.2, 0.25) is 0 Å². The summed E-state index contributed by atoms with van der Waals surface area (Å²) in [4.78, 5) is -1.15. The zero-order valence-electron chi connectivity index (χ0n) is 16.2. The molecule has 0 aromatic heterocycles. The van der Waals surface area contributed by atoms with Crippen LogP contribution in [0.2, 0.25) is 0 Å². The summed E-state index contributed by atoms with van der Waals surface area (Å²) in [7, 11) is -9.48. The van der Waals surface area contributed by atoms with E-state index in [0.29, 0.717) is 5.39 Å². The van der Waals surface area contributed by atoms with Crippen molar-refractivity contribution in [1.29, 1.82) is 0 Å². The first-order valence-electron chi connectivity index (χ1n) is 8.66. The summed E-state index contributed by atoms with van der Waals surface area (Å²) in [6.45, 7) is 0. The molecule has 4 aromatic rings. The normalized spacial score (nSPS) is 12.3. The minimum absolute atomic E-state index is 0. The minimum atomic E-state index is -4.80. The number of hydrogen-bond donors (Lipinski definition) is 1. The van der Waals surface area contributed by atoms with Gasteiger partial charge in [0.1, 0.15) is 10.1 Å². The van der Waals surface area contributed by atoms with Crippen molar-refractivity contribution in [3.05, 3.63) is 66.7 Å². The fourth-order valence-corrected chi connectivity index (χ4v) is 4.17. The van der Waals surface area contributed by atoms with Crippen molar-refractivity contribution < 1.29 is 31.0 Å². The van der Waals surface area contributed by atoms with E-state index in [4.69, 9.17) is 0 Å². The van der Waals surface area contributed by atoms with E-state index in [-0.39, 0.29) is 59.9 Å². The Hall–Kier alpha value is -2.12. The van der Waals surface area contributed by atoms with E-state index in [1.165, 1.54) is 12.1 Å². The topological polar surface area (TPSA) is 159 Å². The van der Waals surface area contributed by atoms with Gasteiger partial charge in [-0.2, -0.15) is 13.5 Å². The molecule has 4 rings (SSSR count). The fraction of sp³-hybridized carbons (Fsp3) is 0. The summed E-state index contributed by atoms with van der Waals surface area (Å²) in [5.74, 6) is -0.405. The first kappa shape index (κ1) is 24.5. The third kappa shape index (κ3) is 4.94. The molecule has 0 saturated carbocycles. The molecule has 0 spiro atoms. The largest absolute Gasteiger partial charge is 2.00 e. The number of rotatable bonds is 4. The predicted octanol–water partition coefficient (Wildman–Crippen LogP) is 3.25. The fourth-order valence-electron chi connectivity index (χ4n) is 3.13. The molecule has 9 nitrogen and oxygen atoms in total. The molecule has 12 heteroatoms. The molecule has 0 unspecified atom stereocenters. The van der Waals surface area contributed by atoms with Crippen LogP contribution in [0, 0.1) is 0 Å². The molecular formula is C20H12CaN2O7S2. The van der Waals surface area contributed by atoms with Crippen molar-refractivity contribution in [1.82, 2.24) is 0 Å². The van der Waals surface area contributed by atoms with Crippen molar-refractivity contribution in [3.63, 3.8) is 0 Å². The van der Waals surface area contributed by atoms with Crippen LogP contribution in [0.25, 0.3) is 21.5 Å². The van der Waals surface area contributed by atoms with E-state index in [1.54, 1.807) is 30.3 Å². The number of hydrogen-bond acceptors (Lipinski definition) is 8. The third-order valence-electron chi connectivity index (χ3n) is 4.58. The Balaban J connectivity index is 0.00000289. The predicted molar refractivity (Wildman–Crippen MR) is 115 cm³/mol. The van der Waals surface area contributed by atoms with Crippen molar-refractivity contribution in [3.8, 4) is 5.75 Å². The Bertz CT molecular complexity index is 1600. The van der Waals surface area contributed by atoms with Gasteiger partial charge in [-0.25, -0.2) is 8.42 Å². The molecule has 0 atom stereocenters. The smallest absolute Gasteiger partial charge is 0.871 e. The molecule has 0 radical (unpaired) electrons. The van der Waals surface area contributed by atoms with Gasteiger partial charge in [0, 0.05) is 10.8 Å². The number of azo groups is 1. The standard InChI is InChI=1S/C20H14N2O7S2.Ca/c23-19-8-5-12-3-1-2-4-17(12)20(19)22-21-18-11-15(31(27,28)29)10-13-9-14(30(24,25)26)6-7-16(13)18;/h1-11,23H,(H,24,25,26)(H,27,28,29);/q;+2/p-2. The van der Waals surface area contributed by atoms with E-state index >= 15 is 0 Å². The summed E-state index contributed by atoms with van der Waals surface area (Å²) >= 11 is 0. The molecule has 158 valence electrons. The molecule has 0 amide bonds. The number of fused-ring (bicyclic) bond motifs is 2. The molecular weight excluding hydrogens is 484 g/mol. The van der Waals surface area contributed by atoms with Crippen LogP contribution in [0.15, 0.2) is 86.7 Å². The van der Waals surface area contributed by atoms with E-state index in [9.17, 15) is 31.0 Å². The second-order valence-corrected chi connectivity index (χ2v) is 9.39. The van der Waals surface area contributed by atoms with Gasteiger partial charge < -0.3 is 9.66 Å². The van der Waals surface area contributed by atoms with Crippen molar-refractivity contribution in [2.24, 2.45) is 10.2 Å². The van der Waals surface area contributed by atoms with Crippen molar-refractivity contribution in [2.75, 3.05) is 0 Å². The van der Waals surface area contributed by atoms with Gasteiger partial charge in [-0.1, -0.05) is 48.2 Å². The summed E-state index contributed by atoms with van der Waals surface area (Å²) in [5, 5.41) is 21.9. The molecule has 0 aliphatic rings. The molecule has 4 aromatic carbocycles. The van der Waals surface area contributed by atoms with Gasteiger partial charge in [-0.05, 0) is 35.0 Å². The molecule has 0 aliphatic carbocycles. The minimum Gasteiger partial charge on any atom is -0.871 e. The maximum atomic E-state index is 12.3. The summed E-state index contributed by atoms with van der Waals surface area (Å²) in [5.41, 5.74) is -0.0189. The van der Waals surface area contributed by atoms with E-state index in [1.807, 2.05) is 0 Å². The molecule has 32 heavy (non-hydrogen) atoms. The Morgan fingerprint density at radius 3 is 2.12 bits per heavy atom. The zero-order chi connectivity index (χ0) is 22.4. The number of nitrogens with zero attached hydrogens (tertiary/aromatic N) is 2. The molecule has 1 N–H and O–H groups in total. The van der Waals surface area contributed by atoms with Gasteiger partial charge in [-0.3, -0.25) is 4.55 Å². The third-order valence-corrected chi connectivity index (χ3v) is 6.25. The Morgan fingerprint density at radius 1 is 0.750 bits per heavy atom. The maximum absolute atomic E-state index is 12.3. The van der Waals surface area contributed by atoms with Crippen LogP contribution in [0.1, 0.15) is 0 Å². The van der Waals surface area contributed by atoms with Gasteiger partial charge in [-0.15, -0.1) is 5.11 Å². The maximum Gasteiger partial charge on any atom is 2.00 e.